The zero-order valence-electron chi connectivity index (χ0n) is 14.6. The first-order valence-corrected chi connectivity index (χ1v) is 9.87. The van der Waals surface area contributed by atoms with E-state index in [1.54, 1.807) is 0 Å². The van der Waals surface area contributed by atoms with Gasteiger partial charge in [-0.15, -0.1) is 0 Å². The zero-order valence-corrected chi connectivity index (χ0v) is 14.6. The van der Waals surface area contributed by atoms with Crippen molar-refractivity contribution in [3.05, 3.63) is 0 Å². The molecular formula is C19H34N2O2. The van der Waals surface area contributed by atoms with Crippen LogP contribution in [0, 0.1) is 0 Å². The lowest BCUT2D eigenvalue weighted by Gasteiger charge is -2.20. The van der Waals surface area contributed by atoms with Gasteiger partial charge in [-0.05, 0) is 25.7 Å². The molecule has 0 unspecified atom stereocenters. The van der Waals surface area contributed by atoms with Crippen molar-refractivity contribution in [3.8, 4) is 0 Å². The monoisotopic (exact) mass is 322 g/mol. The molecule has 0 aromatic carbocycles. The van der Waals surface area contributed by atoms with Gasteiger partial charge in [-0.25, -0.2) is 0 Å². The molecule has 2 saturated carbocycles. The predicted octanol–water partition coefficient (Wildman–Crippen LogP) is 3.83. The largest absolute Gasteiger partial charge is 0.345 e. The van der Waals surface area contributed by atoms with Gasteiger partial charge in [-0.3, -0.25) is 9.59 Å². The summed E-state index contributed by atoms with van der Waals surface area (Å²) in [5.74, 6) is -0.850. The smallest absolute Gasteiger partial charge is 0.309 e. The molecule has 0 saturated heterocycles. The van der Waals surface area contributed by atoms with Gasteiger partial charge >= 0.3 is 11.8 Å². The summed E-state index contributed by atoms with van der Waals surface area (Å²) in [7, 11) is 0. The maximum atomic E-state index is 12.2. The molecule has 0 radical (unpaired) electrons. The molecule has 0 aliphatic heterocycles. The van der Waals surface area contributed by atoms with E-state index in [0.717, 1.165) is 51.4 Å². The lowest BCUT2D eigenvalue weighted by Crippen LogP contribution is -2.47. The molecule has 23 heavy (non-hydrogen) atoms. The van der Waals surface area contributed by atoms with Gasteiger partial charge in [0, 0.05) is 12.1 Å². The first kappa shape index (κ1) is 18.3. The molecule has 2 amide bonds. The summed E-state index contributed by atoms with van der Waals surface area (Å²) in [6, 6.07) is 0.390. The van der Waals surface area contributed by atoms with Crippen LogP contribution in [0.15, 0.2) is 0 Å². The van der Waals surface area contributed by atoms with Crippen LogP contribution in [0.1, 0.15) is 96.3 Å². The topological polar surface area (TPSA) is 58.2 Å². The van der Waals surface area contributed by atoms with Crippen LogP contribution in [-0.4, -0.2) is 23.9 Å². The van der Waals surface area contributed by atoms with E-state index in [2.05, 4.69) is 10.6 Å². The molecule has 0 heterocycles. The molecule has 132 valence electrons. The molecule has 4 heteroatoms. The summed E-state index contributed by atoms with van der Waals surface area (Å²) in [6.07, 6.45) is 17.9. The summed E-state index contributed by atoms with van der Waals surface area (Å²) in [5, 5.41) is 5.88. The van der Waals surface area contributed by atoms with Crippen molar-refractivity contribution in [3.63, 3.8) is 0 Å². The fourth-order valence-electron chi connectivity index (χ4n) is 3.88. The Morgan fingerprint density at radius 2 is 0.739 bits per heavy atom. The van der Waals surface area contributed by atoms with E-state index >= 15 is 0 Å². The molecule has 0 atom stereocenters. The van der Waals surface area contributed by atoms with Crippen molar-refractivity contribution in [2.24, 2.45) is 0 Å². The Hall–Kier alpha value is -1.06. The highest BCUT2D eigenvalue weighted by molar-refractivity contribution is 6.35. The molecule has 2 rings (SSSR count). The second kappa shape index (κ2) is 10.7. The Bertz CT molecular complexity index is 352. The first-order valence-electron chi connectivity index (χ1n) is 9.87. The fraction of sp³-hybridized carbons (Fsp3) is 0.895. The van der Waals surface area contributed by atoms with E-state index in [1.165, 1.54) is 44.9 Å². The van der Waals surface area contributed by atoms with E-state index in [4.69, 9.17) is 0 Å². The molecule has 2 fully saturated rings. The van der Waals surface area contributed by atoms with Gasteiger partial charge in [0.15, 0.2) is 0 Å². The van der Waals surface area contributed by atoms with E-state index < -0.39 is 11.8 Å². The van der Waals surface area contributed by atoms with E-state index in [9.17, 15) is 9.59 Å². The summed E-state index contributed by atoms with van der Waals surface area (Å²) >= 11 is 0. The molecule has 0 bridgehead atoms. The number of carbonyl (C=O) groups excluding carboxylic acids is 2. The second-order valence-electron chi connectivity index (χ2n) is 7.38. The highest BCUT2D eigenvalue weighted by Crippen LogP contribution is 2.18. The molecular weight excluding hydrogens is 288 g/mol. The lowest BCUT2D eigenvalue weighted by atomic mass is 9.98. The lowest BCUT2D eigenvalue weighted by molar-refractivity contribution is -0.140. The van der Waals surface area contributed by atoms with E-state index in [-0.39, 0.29) is 12.1 Å². The second-order valence-corrected chi connectivity index (χ2v) is 7.38. The van der Waals surface area contributed by atoms with Crippen molar-refractivity contribution < 1.29 is 9.59 Å². The minimum Gasteiger partial charge on any atom is -0.345 e. The first-order chi connectivity index (χ1) is 11.3. The molecule has 4 nitrogen and oxygen atoms in total. The van der Waals surface area contributed by atoms with Crippen molar-refractivity contribution in [2.45, 2.75) is 108 Å². The summed E-state index contributed by atoms with van der Waals surface area (Å²) in [6.45, 7) is 0. The van der Waals surface area contributed by atoms with Gasteiger partial charge in [0.2, 0.25) is 0 Å². The van der Waals surface area contributed by atoms with Crippen LogP contribution >= 0.6 is 0 Å². The van der Waals surface area contributed by atoms with Gasteiger partial charge in [0.25, 0.3) is 0 Å². The number of carbonyl (C=O) groups is 2. The molecule has 2 N–H and O–H groups in total. The van der Waals surface area contributed by atoms with Crippen molar-refractivity contribution in [1.29, 1.82) is 0 Å². The van der Waals surface area contributed by atoms with E-state index in [1.807, 2.05) is 0 Å². The minimum atomic E-state index is -0.428. The third-order valence-electron chi connectivity index (χ3n) is 5.34. The third kappa shape index (κ3) is 7.36. The standard InChI is InChI=1S/C19H34N2O2/c22-18(19(23)21-17-14-10-11-15-17)20-16-12-8-6-4-2-1-3-5-7-9-13-16/h16-17H,1-15H2,(H,20,22)(H,21,23). The average Bonchev–Trinajstić information content (AvgIpc) is 3.02. The number of rotatable bonds is 2. The van der Waals surface area contributed by atoms with Crippen LogP contribution in [-0.2, 0) is 9.59 Å². The number of nitrogens with one attached hydrogen (secondary N) is 2. The van der Waals surface area contributed by atoms with Gasteiger partial charge in [-0.2, -0.15) is 0 Å². The Balaban J connectivity index is 1.74. The SMILES string of the molecule is O=C(NC1CCCCCCCCCCC1)C(=O)NC1CCCC1. The molecule has 2 aliphatic rings. The highest BCUT2D eigenvalue weighted by Gasteiger charge is 2.23. The molecule has 0 spiro atoms. The minimum absolute atomic E-state index is 0.177. The van der Waals surface area contributed by atoms with Crippen LogP contribution in [0.25, 0.3) is 0 Å². The quantitative estimate of drug-likeness (QED) is 0.759. The number of amides is 2. The van der Waals surface area contributed by atoms with Gasteiger partial charge in [0.05, 0.1) is 0 Å². The van der Waals surface area contributed by atoms with Gasteiger partial charge in [0.1, 0.15) is 0 Å². The van der Waals surface area contributed by atoms with Crippen molar-refractivity contribution >= 4 is 11.8 Å². The Labute approximate surface area is 141 Å². The van der Waals surface area contributed by atoms with Crippen LogP contribution in [0.3, 0.4) is 0 Å². The molecule has 0 aromatic rings. The Morgan fingerprint density at radius 1 is 0.478 bits per heavy atom. The third-order valence-corrected chi connectivity index (χ3v) is 5.34. The van der Waals surface area contributed by atoms with Crippen LogP contribution < -0.4 is 10.6 Å². The maximum absolute atomic E-state index is 12.2. The van der Waals surface area contributed by atoms with Gasteiger partial charge in [-0.1, -0.05) is 70.6 Å². The Kier molecular flexibility index (Phi) is 8.48. The number of hydrogen-bond acceptors (Lipinski definition) is 2. The summed E-state index contributed by atoms with van der Waals surface area (Å²) < 4.78 is 0. The van der Waals surface area contributed by atoms with Crippen LogP contribution in [0.2, 0.25) is 0 Å². The fourth-order valence-corrected chi connectivity index (χ4v) is 3.88. The zero-order chi connectivity index (χ0) is 16.3. The summed E-state index contributed by atoms with van der Waals surface area (Å²) in [4.78, 5) is 24.2. The predicted molar refractivity (Wildman–Crippen MR) is 93.1 cm³/mol. The summed E-state index contributed by atoms with van der Waals surface area (Å²) in [5.41, 5.74) is 0. The van der Waals surface area contributed by atoms with Crippen LogP contribution in [0.5, 0.6) is 0 Å². The normalized spacial score (nSPS) is 22.8. The Morgan fingerprint density at radius 3 is 1.09 bits per heavy atom. The molecule has 2 aliphatic carbocycles. The van der Waals surface area contributed by atoms with Crippen LogP contribution in [0.4, 0.5) is 0 Å². The molecule has 0 aromatic heterocycles. The maximum Gasteiger partial charge on any atom is 0.309 e. The number of hydrogen-bond donors (Lipinski definition) is 2. The van der Waals surface area contributed by atoms with Crippen molar-refractivity contribution in [1.82, 2.24) is 10.6 Å². The van der Waals surface area contributed by atoms with Gasteiger partial charge < -0.3 is 10.6 Å². The van der Waals surface area contributed by atoms with Crippen molar-refractivity contribution in [2.75, 3.05) is 0 Å². The average molecular weight is 322 g/mol. The van der Waals surface area contributed by atoms with E-state index in [0.29, 0.717) is 0 Å². The highest BCUT2D eigenvalue weighted by atomic mass is 16.2.